The number of alkyl halides is 2. The molecule has 1 fully saturated rings. The van der Waals surface area contributed by atoms with Gasteiger partial charge in [-0.3, -0.25) is 9.78 Å². The van der Waals surface area contributed by atoms with Crippen LogP contribution in [0.2, 0.25) is 0 Å². The van der Waals surface area contributed by atoms with Crippen molar-refractivity contribution in [3.8, 4) is 11.1 Å². The molecule has 0 radical (unpaired) electrons. The molecule has 3 rings (SSSR count). The number of benzene rings is 1. The van der Waals surface area contributed by atoms with E-state index >= 15 is 0 Å². The van der Waals surface area contributed by atoms with Crippen molar-refractivity contribution in [3.05, 3.63) is 53.6 Å². The minimum atomic E-state index is -2.59. The molecule has 1 aliphatic heterocycles. The molecule has 0 spiro atoms. The van der Waals surface area contributed by atoms with Gasteiger partial charge in [0.05, 0.1) is 18.4 Å². The summed E-state index contributed by atoms with van der Waals surface area (Å²) in [4.78, 5) is 15.9. The lowest BCUT2D eigenvalue weighted by molar-refractivity contribution is -0.131. The molecule has 0 unspecified atom stereocenters. The van der Waals surface area contributed by atoms with Crippen molar-refractivity contribution < 1.29 is 22.4 Å². The van der Waals surface area contributed by atoms with Gasteiger partial charge in [-0.25, -0.2) is 13.2 Å². The number of hydrogen-bond acceptors (Lipinski definition) is 3. The molecular weight excluding hydrogens is 386 g/mol. The van der Waals surface area contributed by atoms with Gasteiger partial charge in [-0.05, 0) is 24.5 Å². The lowest BCUT2D eigenvalue weighted by atomic mass is 10.0. The van der Waals surface area contributed by atoms with E-state index in [-0.39, 0.29) is 36.6 Å². The zero-order chi connectivity index (χ0) is 18.7. The van der Waals surface area contributed by atoms with Crippen molar-refractivity contribution in [2.24, 2.45) is 0 Å². The summed E-state index contributed by atoms with van der Waals surface area (Å²) in [5.41, 5.74) is 0.852. The van der Waals surface area contributed by atoms with Gasteiger partial charge in [-0.15, -0.1) is 22.0 Å². The van der Waals surface area contributed by atoms with Crippen molar-refractivity contribution in [2.75, 3.05) is 6.54 Å². The Bertz CT molecular complexity index is 789. The van der Waals surface area contributed by atoms with Crippen LogP contribution in [0.5, 0.6) is 0 Å². The van der Waals surface area contributed by atoms with Crippen molar-refractivity contribution in [1.82, 2.24) is 15.4 Å². The maximum absolute atomic E-state index is 14.1. The summed E-state index contributed by atoms with van der Waals surface area (Å²) in [6, 6.07) is 5.91. The van der Waals surface area contributed by atoms with Gasteiger partial charge in [0.15, 0.2) is 0 Å². The standard InChI is InChI=1S/C18H17F4N3O.ClH/c19-15-10-23-13(9-24-18(26)16-2-1-7-25(16)22)8-14(15)11-3-5-12(6-4-11)17(20)21;/h3-6,8,10,16-17H,1-2,7,9H2,(H,24,26);1H/t16-;/m1./s1. The van der Waals surface area contributed by atoms with E-state index in [0.29, 0.717) is 29.2 Å². The first-order chi connectivity index (χ1) is 12.5. The third-order valence-electron chi connectivity index (χ3n) is 4.32. The second-order valence-electron chi connectivity index (χ2n) is 6.08. The minimum Gasteiger partial charge on any atom is -0.349 e. The topological polar surface area (TPSA) is 45.2 Å². The zero-order valence-corrected chi connectivity index (χ0v) is 15.0. The molecule has 27 heavy (non-hydrogen) atoms. The van der Waals surface area contributed by atoms with Crippen LogP contribution >= 0.6 is 12.4 Å². The van der Waals surface area contributed by atoms with Crippen LogP contribution < -0.4 is 5.32 Å². The highest BCUT2D eigenvalue weighted by molar-refractivity contribution is 5.85. The summed E-state index contributed by atoms with van der Waals surface area (Å²) in [6.45, 7) is 0.247. The van der Waals surface area contributed by atoms with Crippen molar-refractivity contribution in [3.63, 3.8) is 0 Å². The zero-order valence-electron chi connectivity index (χ0n) is 14.2. The number of nitrogens with one attached hydrogen (secondary N) is 1. The molecule has 1 saturated heterocycles. The molecular formula is C18H18ClF4N3O. The molecule has 146 valence electrons. The Kier molecular flexibility index (Phi) is 7.15. The number of rotatable bonds is 5. The van der Waals surface area contributed by atoms with Crippen molar-refractivity contribution >= 4 is 18.3 Å². The van der Waals surface area contributed by atoms with Crippen LogP contribution in [0.25, 0.3) is 11.1 Å². The van der Waals surface area contributed by atoms with Crippen LogP contribution in [0.15, 0.2) is 36.5 Å². The Morgan fingerprint density at radius 1 is 1.30 bits per heavy atom. The molecule has 0 aliphatic carbocycles. The van der Waals surface area contributed by atoms with E-state index in [4.69, 9.17) is 0 Å². The predicted molar refractivity (Wildman–Crippen MR) is 94.5 cm³/mol. The van der Waals surface area contributed by atoms with Crippen LogP contribution in [-0.4, -0.2) is 28.6 Å². The maximum atomic E-state index is 14.1. The van der Waals surface area contributed by atoms with Gasteiger partial charge in [0, 0.05) is 17.7 Å². The Balaban J connectivity index is 0.00000261. The lowest BCUT2D eigenvalue weighted by Crippen LogP contribution is -2.39. The van der Waals surface area contributed by atoms with Crippen LogP contribution in [0.4, 0.5) is 17.7 Å². The third-order valence-corrected chi connectivity index (χ3v) is 4.32. The Labute approximate surface area is 159 Å². The third kappa shape index (κ3) is 4.95. The monoisotopic (exact) mass is 403 g/mol. The number of hydrogen-bond donors (Lipinski definition) is 1. The molecule has 4 nitrogen and oxygen atoms in total. The molecule has 1 amide bonds. The summed E-state index contributed by atoms with van der Waals surface area (Å²) in [7, 11) is 0. The molecule has 0 bridgehead atoms. The van der Waals surface area contributed by atoms with E-state index in [2.05, 4.69) is 10.3 Å². The molecule has 1 aromatic heterocycles. The first-order valence-electron chi connectivity index (χ1n) is 8.18. The predicted octanol–water partition coefficient (Wildman–Crippen LogP) is 4.21. The fraction of sp³-hybridized carbons (Fsp3) is 0.333. The van der Waals surface area contributed by atoms with Crippen LogP contribution in [0.3, 0.4) is 0 Å². The van der Waals surface area contributed by atoms with Gasteiger partial charge < -0.3 is 5.32 Å². The van der Waals surface area contributed by atoms with Crippen molar-refractivity contribution in [2.45, 2.75) is 31.9 Å². The Morgan fingerprint density at radius 3 is 2.59 bits per heavy atom. The van der Waals surface area contributed by atoms with E-state index in [9.17, 15) is 22.4 Å². The molecule has 1 atom stereocenters. The van der Waals surface area contributed by atoms with E-state index in [0.717, 1.165) is 6.20 Å². The second kappa shape index (κ2) is 9.14. The summed E-state index contributed by atoms with van der Waals surface area (Å²) in [5, 5.41) is 3.09. The highest BCUT2D eigenvalue weighted by Crippen LogP contribution is 2.26. The fourth-order valence-electron chi connectivity index (χ4n) is 2.89. The van der Waals surface area contributed by atoms with Crippen LogP contribution in [-0.2, 0) is 11.3 Å². The number of carbonyl (C=O) groups excluding carboxylic acids is 1. The van der Waals surface area contributed by atoms with Gasteiger partial charge in [0.1, 0.15) is 11.9 Å². The molecule has 2 aromatic rings. The first-order valence-corrected chi connectivity index (χ1v) is 8.18. The minimum absolute atomic E-state index is 0. The van der Waals surface area contributed by atoms with Gasteiger partial charge in [-0.1, -0.05) is 24.3 Å². The highest BCUT2D eigenvalue weighted by Gasteiger charge is 2.30. The van der Waals surface area contributed by atoms with E-state index in [1.807, 2.05) is 0 Å². The quantitative estimate of drug-likeness (QED) is 0.601. The number of carbonyl (C=O) groups is 1. The summed E-state index contributed by atoms with van der Waals surface area (Å²) < 4.78 is 52.7. The van der Waals surface area contributed by atoms with Crippen LogP contribution in [0, 0.1) is 5.82 Å². The van der Waals surface area contributed by atoms with E-state index in [1.54, 1.807) is 0 Å². The number of halogens is 5. The SMILES string of the molecule is Cl.O=C(NCc1cc(-c2ccc(C(F)F)cc2)c(F)cn1)[C@H]1CCCN1F. The van der Waals surface area contributed by atoms with Crippen LogP contribution in [0.1, 0.15) is 30.5 Å². The largest absolute Gasteiger partial charge is 0.349 e. The van der Waals surface area contributed by atoms with Gasteiger partial charge in [0.2, 0.25) is 5.91 Å². The van der Waals surface area contributed by atoms with Crippen molar-refractivity contribution in [1.29, 1.82) is 0 Å². The number of pyridine rings is 1. The molecule has 1 aromatic carbocycles. The summed E-state index contributed by atoms with van der Waals surface area (Å²) >= 11 is 0. The smallest absolute Gasteiger partial charge is 0.263 e. The second-order valence-corrected chi connectivity index (χ2v) is 6.08. The molecule has 0 saturated carbocycles. The van der Waals surface area contributed by atoms with Gasteiger partial charge in [-0.2, -0.15) is 0 Å². The average Bonchev–Trinajstić information content (AvgIpc) is 3.07. The number of nitrogens with zero attached hydrogens (tertiary/aromatic N) is 2. The molecule has 1 aliphatic rings. The van der Waals surface area contributed by atoms with E-state index in [1.165, 1.54) is 30.3 Å². The van der Waals surface area contributed by atoms with Gasteiger partial charge >= 0.3 is 0 Å². The Morgan fingerprint density at radius 2 is 2.00 bits per heavy atom. The first kappa shape index (κ1) is 21.1. The maximum Gasteiger partial charge on any atom is 0.263 e. The highest BCUT2D eigenvalue weighted by atomic mass is 35.5. The fourth-order valence-corrected chi connectivity index (χ4v) is 2.89. The average molecular weight is 404 g/mol. The summed E-state index contributed by atoms with van der Waals surface area (Å²) in [5.74, 6) is -1.05. The molecule has 1 N–H and O–H groups in total. The normalized spacial score (nSPS) is 17.0. The number of amides is 1. The molecule has 9 heteroatoms. The van der Waals surface area contributed by atoms with Gasteiger partial charge in [0.25, 0.3) is 6.43 Å². The number of aromatic nitrogens is 1. The molecule has 2 heterocycles. The lowest BCUT2D eigenvalue weighted by Gasteiger charge is -2.15. The van der Waals surface area contributed by atoms with E-state index < -0.39 is 24.2 Å². The Hall–Kier alpha value is -2.19. The summed E-state index contributed by atoms with van der Waals surface area (Å²) in [6.07, 6.45) is -0.527.